The van der Waals surface area contributed by atoms with Crippen LogP contribution in [-0.2, 0) is 0 Å². The fraction of sp³-hybridized carbons (Fsp3) is 0. The molecule has 0 bridgehead atoms. The van der Waals surface area contributed by atoms with E-state index in [-0.39, 0.29) is 0 Å². The number of benzene rings is 21. The second-order valence-electron chi connectivity index (χ2n) is 31.5. The van der Waals surface area contributed by atoms with Gasteiger partial charge in [-0.25, -0.2) is 0 Å². The van der Waals surface area contributed by atoms with E-state index in [9.17, 15) is 0 Å². The molecule has 23 aromatic rings. The number of anilines is 6. The number of hydrogen-bond acceptors (Lipinski definition) is 2. The van der Waals surface area contributed by atoms with Crippen molar-refractivity contribution in [2.75, 3.05) is 9.80 Å². The zero-order valence-electron chi connectivity index (χ0n) is 65.7. The zero-order valence-corrected chi connectivity index (χ0v) is 65.7. The standard InChI is InChI=1S/C116H76N4/c1-2-20-79(21-3-1)98-70-71-100(105-27-7-6-25-103(98)105)81-48-56-90(57-49-81)117(93-62-66-95(67-63-93)119-113-34-16-12-30-108(113)109-31-13-17-35-114(109)119)89-54-46-78(47-55-89)85-43-45-86-74-84(42-44-87(86)75-85)77-38-40-80(41-39-77)99-72-73-101(106-28-9-8-26-104(99)106)82-50-58-91(59-51-82)118(94-64-68-96(69-65-94)120-115-36-18-14-32-110(115)111-33-15-19-37-116(111)120)92-60-52-83(53-61-92)112-76-88-22-4-5-23-97(88)102-24-10-11-29-107(102)112/h1-76H. The average molecular weight is 1530 g/mol. The van der Waals surface area contributed by atoms with E-state index < -0.39 is 0 Å². The number of hydrogen-bond donors (Lipinski definition) is 0. The minimum atomic E-state index is 1.07. The highest BCUT2D eigenvalue weighted by Crippen LogP contribution is 2.46. The van der Waals surface area contributed by atoms with Gasteiger partial charge in [0.25, 0.3) is 0 Å². The van der Waals surface area contributed by atoms with Crippen LogP contribution in [0.25, 0.3) is 187 Å². The third-order valence-electron chi connectivity index (χ3n) is 24.7. The van der Waals surface area contributed by atoms with Gasteiger partial charge in [0, 0.05) is 67.0 Å². The summed E-state index contributed by atoms with van der Waals surface area (Å²) in [7, 11) is 0. The van der Waals surface area contributed by atoms with Gasteiger partial charge in [-0.1, -0.05) is 322 Å². The van der Waals surface area contributed by atoms with E-state index >= 15 is 0 Å². The molecule has 0 radical (unpaired) electrons. The van der Waals surface area contributed by atoms with E-state index in [4.69, 9.17) is 0 Å². The first-order valence-corrected chi connectivity index (χ1v) is 41.3. The molecule has 4 nitrogen and oxygen atoms in total. The van der Waals surface area contributed by atoms with Crippen molar-refractivity contribution < 1.29 is 0 Å². The Balaban J connectivity index is 0.524. The first kappa shape index (κ1) is 69.6. The van der Waals surface area contributed by atoms with Crippen LogP contribution in [0.1, 0.15) is 0 Å². The van der Waals surface area contributed by atoms with Crippen LogP contribution in [0.15, 0.2) is 461 Å². The molecule has 0 saturated heterocycles. The minimum Gasteiger partial charge on any atom is -0.311 e. The van der Waals surface area contributed by atoms with E-state index in [2.05, 4.69) is 480 Å². The molecule has 0 spiro atoms. The summed E-state index contributed by atoms with van der Waals surface area (Å²) >= 11 is 0. The molecule has 0 N–H and O–H groups in total. The van der Waals surface area contributed by atoms with Gasteiger partial charge in [-0.05, 0) is 271 Å². The molecule has 0 unspecified atom stereocenters. The second kappa shape index (κ2) is 29.1. The molecule has 4 heteroatoms. The SMILES string of the molecule is c1ccc(-c2ccc(-c3ccc(N(c4ccc(-c5ccc6cc(-c7ccc(-c8ccc(-c9ccc(N(c%10ccc(-c%11cc%12ccccc%12c%12ccccc%11%12)cc%10)c%10ccc(-n%11c%12ccccc%12c%12ccccc%12%11)cc%10)cc9)c9ccccc89)cc7)ccc6c5)cc4)c4ccc(-n5c6ccccc6c6ccccc65)cc4)cc3)c3ccccc23)cc1. The lowest BCUT2D eigenvalue weighted by Gasteiger charge is -2.26. The normalized spacial score (nSPS) is 11.7. The van der Waals surface area contributed by atoms with Crippen molar-refractivity contribution in [3.05, 3.63) is 461 Å². The maximum atomic E-state index is 2.39. The summed E-state index contributed by atoms with van der Waals surface area (Å²) in [5.74, 6) is 0. The summed E-state index contributed by atoms with van der Waals surface area (Å²) in [5, 5.41) is 17.3. The Kier molecular flexibility index (Phi) is 16.9. The van der Waals surface area contributed by atoms with E-state index in [1.54, 1.807) is 0 Å². The molecule has 2 aromatic heterocycles. The smallest absolute Gasteiger partial charge is 0.0541 e. The van der Waals surface area contributed by atoms with Gasteiger partial charge in [-0.15, -0.1) is 0 Å². The number of para-hydroxylation sites is 4. The summed E-state index contributed by atoms with van der Waals surface area (Å²) < 4.78 is 4.77. The molecule has 0 aliphatic heterocycles. The van der Waals surface area contributed by atoms with Crippen molar-refractivity contribution >= 4 is 132 Å². The molecule has 21 aromatic carbocycles. The topological polar surface area (TPSA) is 16.3 Å². The van der Waals surface area contributed by atoms with Gasteiger partial charge in [-0.2, -0.15) is 0 Å². The lowest BCUT2D eigenvalue weighted by molar-refractivity contribution is 1.17. The Bertz CT molecular complexity index is 7790. The van der Waals surface area contributed by atoms with E-state index in [0.717, 1.165) is 56.6 Å². The zero-order chi connectivity index (χ0) is 79.1. The number of fused-ring (bicyclic) bond motifs is 12. The molecule has 2 heterocycles. The van der Waals surface area contributed by atoms with E-state index in [1.165, 1.54) is 164 Å². The maximum absolute atomic E-state index is 2.39. The highest BCUT2D eigenvalue weighted by Gasteiger charge is 2.22. The van der Waals surface area contributed by atoms with E-state index in [1.807, 2.05) is 0 Å². The lowest BCUT2D eigenvalue weighted by Crippen LogP contribution is -2.10. The molecule has 0 aliphatic carbocycles. The number of aromatic nitrogens is 2. The molecular formula is C116H76N4. The van der Waals surface area contributed by atoms with Gasteiger partial charge in [0.1, 0.15) is 0 Å². The Hall–Kier alpha value is -15.9. The van der Waals surface area contributed by atoms with Crippen LogP contribution in [0, 0.1) is 0 Å². The van der Waals surface area contributed by atoms with Crippen LogP contribution < -0.4 is 9.80 Å². The molecule has 0 amide bonds. The van der Waals surface area contributed by atoms with Crippen molar-refractivity contribution in [3.63, 3.8) is 0 Å². The quantitative estimate of drug-likeness (QED) is 0.0951. The Morgan fingerprint density at radius 1 is 0.133 bits per heavy atom. The minimum absolute atomic E-state index is 1.07. The third kappa shape index (κ3) is 12.1. The van der Waals surface area contributed by atoms with Gasteiger partial charge in [0.2, 0.25) is 0 Å². The molecule has 23 rings (SSSR count). The molecule has 0 atom stereocenters. The van der Waals surface area contributed by atoms with Crippen molar-refractivity contribution in [3.8, 4) is 89.3 Å². The molecule has 0 fully saturated rings. The first-order valence-electron chi connectivity index (χ1n) is 41.3. The first-order chi connectivity index (χ1) is 59.5. The second-order valence-corrected chi connectivity index (χ2v) is 31.5. The Morgan fingerprint density at radius 2 is 0.375 bits per heavy atom. The third-order valence-corrected chi connectivity index (χ3v) is 24.7. The van der Waals surface area contributed by atoms with Crippen LogP contribution in [0.5, 0.6) is 0 Å². The highest BCUT2D eigenvalue weighted by atomic mass is 15.1. The summed E-state index contributed by atoms with van der Waals surface area (Å²) in [5.41, 5.74) is 30.1. The van der Waals surface area contributed by atoms with Crippen LogP contribution >= 0.6 is 0 Å². The molecule has 0 saturated carbocycles. The highest BCUT2D eigenvalue weighted by molar-refractivity contribution is 6.15. The monoisotopic (exact) mass is 1520 g/mol. The lowest BCUT2D eigenvalue weighted by atomic mass is 9.91. The van der Waals surface area contributed by atoms with Crippen molar-refractivity contribution in [1.29, 1.82) is 0 Å². The summed E-state index contributed by atoms with van der Waals surface area (Å²) in [4.78, 5) is 4.77. The molecular weight excluding hydrogens is 1450 g/mol. The fourth-order valence-electron chi connectivity index (χ4n) is 18.9. The van der Waals surface area contributed by atoms with Crippen molar-refractivity contribution in [2.24, 2.45) is 0 Å². The van der Waals surface area contributed by atoms with Crippen LogP contribution in [0.3, 0.4) is 0 Å². The van der Waals surface area contributed by atoms with Gasteiger partial charge in [0.15, 0.2) is 0 Å². The predicted octanol–water partition coefficient (Wildman–Crippen LogP) is 32.3. The molecule has 560 valence electrons. The average Bonchev–Trinajstić information content (AvgIpc) is 1.61. The maximum Gasteiger partial charge on any atom is 0.0541 e. The van der Waals surface area contributed by atoms with Gasteiger partial charge >= 0.3 is 0 Å². The molecule has 120 heavy (non-hydrogen) atoms. The predicted molar refractivity (Wildman–Crippen MR) is 510 cm³/mol. The number of nitrogens with zero attached hydrogens (tertiary/aromatic N) is 4. The molecule has 0 aliphatic rings. The summed E-state index contributed by atoms with van der Waals surface area (Å²) in [6.45, 7) is 0. The summed E-state index contributed by atoms with van der Waals surface area (Å²) in [6.07, 6.45) is 0. The fourth-order valence-corrected chi connectivity index (χ4v) is 18.9. The van der Waals surface area contributed by atoms with Gasteiger partial charge in [0.05, 0.1) is 22.1 Å². The largest absolute Gasteiger partial charge is 0.311 e. The Labute approximate surface area is 696 Å². The van der Waals surface area contributed by atoms with Crippen LogP contribution in [0.4, 0.5) is 34.1 Å². The van der Waals surface area contributed by atoms with E-state index in [0.29, 0.717) is 0 Å². The van der Waals surface area contributed by atoms with Gasteiger partial charge < -0.3 is 18.9 Å². The van der Waals surface area contributed by atoms with Crippen molar-refractivity contribution in [1.82, 2.24) is 9.13 Å². The van der Waals surface area contributed by atoms with Gasteiger partial charge in [-0.3, -0.25) is 0 Å². The summed E-state index contributed by atoms with van der Waals surface area (Å²) in [6, 6.07) is 170. The number of rotatable bonds is 15. The Morgan fingerprint density at radius 3 is 0.733 bits per heavy atom. The van der Waals surface area contributed by atoms with Crippen LogP contribution in [-0.4, -0.2) is 9.13 Å². The van der Waals surface area contributed by atoms with Crippen LogP contribution in [0.2, 0.25) is 0 Å². The van der Waals surface area contributed by atoms with Crippen molar-refractivity contribution in [2.45, 2.75) is 0 Å².